The number of nitrogens with one attached hydrogen (secondary N) is 1. The molecule has 3 heteroatoms. The number of hydrogen-bond acceptors (Lipinski definition) is 3. The van der Waals surface area contributed by atoms with Gasteiger partial charge in [0, 0.05) is 6.54 Å². The maximum Gasteiger partial charge on any atom is 0.0962 e. The summed E-state index contributed by atoms with van der Waals surface area (Å²) in [6.07, 6.45) is 1.68. The third-order valence-electron chi connectivity index (χ3n) is 2.48. The molecule has 2 atom stereocenters. The van der Waals surface area contributed by atoms with E-state index in [-0.39, 0.29) is 11.7 Å². The third-order valence-corrected chi connectivity index (χ3v) is 2.48. The highest BCUT2D eigenvalue weighted by Gasteiger charge is 2.37. The zero-order chi connectivity index (χ0) is 8.60. The molecule has 2 fully saturated rings. The highest BCUT2D eigenvalue weighted by molar-refractivity contribution is 4.87. The van der Waals surface area contributed by atoms with Gasteiger partial charge in [-0.3, -0.25) is 0 Å². The molecule has 2 unspecified atom stereocenters. The van der Waals surface area contributed by atoms with Crippen LogP contribution in [0.5, 0.6) is 0 Å². The largest absolute Gasteiger partial charge is 0.371 e. The third kappa shape index (κ3) is 1.63. The van der Waals surface area contributed by atoms with Crippen LogP contribution in [0.3, 0.4) is 0 Å². The number of piperidine rings is 1. The lowest BCUT2D eigenvalue weighted by molar-refractivity contribution is -0.223. The lowest BCUT2D eigenvalue weighted by Crippen LogP contribution is -2.55. The average Bonchev–Trinajstić information content (AvgIpc) is 2.02. The highest BCUT2D eigenvalue weighted by Crippen LogP contribution is 2.25. The molecule has 2 rings (SSSR count). The molecule has 0 bridgehead atoms. The predicted molar refractivity (Wildman–Crippen MR) is 46.2 cm³/mol. The summed E-state index contributed by atoms with van der Waals surface area (Å²) >= 11 is 0. The first-order valence-corrected chi connectivity index (χ1v) is 4.67. The monoisotopic (exact) mass is 171 g/mol. The highest BCUT2D eigenvalue weighted by atomic mass is 16.6. The van der Waals surface area contributed by atoms with Crippen molar-refractivity contribution in [2.24, 2.45) is 0 Å². The van der Waals surface area contributed by atoms with Gasteiger partial charge in [-0.25, -0.2) is 0 Å². The fraction of sp³-hybridized carbons (Fsp3) is 1.00. The molecule has 2 aliphatic heterocycles. The maximum atomic E-state index is 5.91. The number of rotatable bonds is 0. The standard InChI is InChI=1S/C9H17NO2/c1-9(2)6-11-8-5-10-4-3-7(8)12-9/h7-8,10H,3-6H2,1-2H3. The van der Waals surface area contributed by atoms with Crippen LogP contribution in [0.25, 0.3) is 0 Å². The molecular weight excluding hydrogens is 154 g/mol. The Hall–Kier alpha value is -0.120. The Bertz CT molecular complexity index is 170. The molecule has 0 amide bonds. The van der Waals surface area contributed by atoms with Crippen LogP contribution < -0.4 is 5.32 Å². The Labute approximate surface area is 73.4 Å². The molecular formula is C9H17NO2. The first kappa shape index (κ1) is 8.48. The van der Waals surface area contributed by atoms with Crippen molar-refractivity contribution in [3.8, 4) is 0 Å². The summed E-state index contributed by atoms with van der Waals surface area (Å²) in [4.78, 5) is 0. The maximum absolute atomic E-state index is 5.91. The van der Waals surface area contributed by atoms with Gasteiger partial charge >= 0.3 is 0 Å². The van der Waals surface area contributed by atoms with Gasteiger partial charge in [0.2, 0.25) is 0 Å². The Morgan fingerprint density at radius 1 is 1.33 bits per heavy atom. The molecule has 0 saturated carbocycles. The molecule has 2 saturated heterocycles. The summed E-state index contributed by atoms with van der Waals surface area (Å²) in [5.41, 5.74) is -0.0848. The smallest absolute Gasteiger partial charge is 0.0962 e. The van der Waals surface area contributed by atoms with Gasteiger partial charge in [-0.05, 0) is 26.8 Å². The van der Waals surface area contributed by atoms with E-state index in [2.05, 4.69) is 19.2 Å². The minimum absolute atomic E-state index is 0.0848. The molecule has 0 spiro atoms. The Balaban J connectivity index is 1.99. The molecule has 2 heterocycles. The molecule has 1 N–H and O–H groups in total. The first-order chi connectivity index (χ1) is 5.67. The van der Waals surface area contributed by atoms with E-state index in [1.54, 1.807) is 0 Å². The summed E-state index contributed by atoms with van der Waals surface area (Å²) in [6, 6.07) is 0. The van der Waals surface area contributed by atoms with Gasteiger partial charge in [-0.1, -0.05) is 0 Å². The van der Waals surface area contributed by atoms with Gasteiger partial charge in [0.05, 0.1) is 24.4 Å². The number of fused-ring (bicyclic) bond motifs is 1. The van der Waals surface area contributed by atoms with Crippen LogP contribution in [-0.2, 0) is 9.47 Å². The van der Waals surface area contributed by atoms with Gasteiger partial charge in [0.15, 0.2) is 0 Å². The molecule has 3 nitrogen and oxygen atoms in total. The fourth-order valence-electron chi connectivity index (χ4n) is 1.86. The van der Waals surface area contributed by atoms with Crippen molar-refractivity contribution in [2.45, 2.75) is 38.1 Å². The zero-order valence-corrected chi connectivity index (χ0v) is 7.80. The van der Waals surface area contributed by atoms with E-state index in [9.17, 15) is 0 Å². The van der Waals surface area contributed by atoms with Crippen LogP contribution >= 0.6 is 0 Å². The second kappa shape index (κ2) is 2.98. The van der Waals surface area contributed by atoms with Gasteiger partial charge in [-0.2, -0.15) is 0 Å². The summed E-state index contributed by atoms with van der Waals surface area (Å²) < 4.78 is 11.6. The second-order valence-corrected chi connectivity index (χ2v) is 4.26. The number of ether oxygens (including phenoxy) is 2. The Kier molecular flexibility index (Phi) is 2.10. The molecule has 12 heavy (non-hydrogen) atoms. The van der Waals surface area contributed by atoms with Crippen molar-refractivity contribution in [2.75, 3.05) is 19.7 Å². The van der Waals surface area contributed by atoms with Gasteiger partial charge in [-0.15, -0.1) is 0 Å². The van der Waals surface area contributed by atoms with E-state index < -0.39 is 0 Å². The minimum Gasteiger partial charge on any atom is -0.371 e. The zero-order valence-electron chi connectivity index (χ0n) is 7.80. The normalized spacial score (nSPS) is 40.5. The summed E-state index contributed by atoms with van der Waals surface area (Å²) in [5.74, 6) is 0. The van der Waals surface area contributed by atoms with Crippen molar-refractivity contribution in [3.05, 3.63) is 0 Å². The van der Waals surface area contributed by atoms with Crippen molar-refractivity contribution in [1.29, 1.82) is 0 Å². The van der Waals surface area contributed by atoms with Crippen LogP contribution in [0, 0.1) is 0 Å². The van der Waals surface area contributed by atoms with E-state index in [0.29, 0.717) is 6.10 Å². The molecule has 0 aromatic heterocycles. The van der Waals surface area contributed by atoms with E-state index in [1.807, 2.05) is 0 Å². The van der Waals surface area contributed by atoms with Gasteiger partial charge in [0.25, 0.3) is 0 Å². The Morgan fingerprint density at radius 3 is 3.00 bits per heavy atom. The molecule has 0 radical (unpaired) electrons. The van der Waals surface area contributed by atoms with Crippen LogP contribution in [0.1, 0.15) is 20.3 Å². The van der Waals surface area contributed by atoms with E-state index in [1.165, 1.54) is 0 Å². The van der Waals surface area contributed by atoms with Crippen LogP contribution in [0.15, 0.2) is 0 Å². The fourth-order valence-corrected chi connectivity index (χ4v) is 1.86. The van der Waals surface area contributed by atoms with Gasteiger partial charge < -0.3 is 14.8 Å². The summed E-state index contributed by atoms with van der Waals surface area (Å²) in [5, 5.41) is 3.31. The minimum atomic E-state index is -0.0848. The second-order valence-electron chi connectivity index (χ2n) is 4.26. The summed E-state index contributed by atoms with van der Waals surface area (Å²) in [6.45, 7) is 6.90. The lowest BCUT2D eigenvalue weighted by atomic mass is 10.0. The lowest BCUT2D eigenvalue weighted by Gasteiger charge is -2.43. The van der Waals surface area contributed by atoms with E-state index >= 15 is 0 Å². The van der Waals surface area contributed by atoms with Crippen molar-refractivity contribution < 1.29 is 9.47 Å². The quantitative estimate of drug-likeness (QED) is 0.577. The van der Waals surface area contributed by atoms with Crippen molar-refractivity contribution in [3.63, 3.8) is 0 Å². The van der Waals surface area contributed by atoms with Crippen molar-refractivity contribution >= 4 is 0 Å². The average molecular weight is 171 g/mol. The number of hydrogen-bond donors (Lipinski definition) is 1. The first-order valence-electron chi connectivity index (χ1n) is 4.67. The Morgan fingerprint density at radius 2 is 2.17 bits per heavy atom. The predicted octanol–water partition coefficient (Wildman–Crippen LogP) is 0.542. The van der Waals surface area contributed by atoms with Gasteiger partial charge in [0.1, 0.15) is 0 Å². The van der Waals surface area contributed by atoms with E-state index in [4.69, 9.17) is 9.47 Å². The molecule has 0 aliphatic carbocycles. The molecule has 0 aromatic rings. The molecule has 2 aliphatic rings. The molecule has 0 aromatic carbocycles. The van der Waals surface area contributed by atoms with Crippen LogP contribution in [0.2, 0.25) is 0 Å². The van der Waals surface area contributed by atoms with Crippen LogP contribution in [-0.4, -0.2) is 37.5 Å². The van der Waals surface area contributed by atoms with E-state index in [0.717, 1.165) is 26.1 Å². The molecule has 70 valence electrons. The SMILES string of the molecule is CC1(C)COC2CNCCC2O1. The van der Waals surface area contributed by atoms with Crippen LogP contribution in [0.4, 0.5) is 0 Å². The summed E-state index contributed by atoms with van der Waals surface area (Å²) in [7, 11) is 0. The van der Waals surface area contributed by atoms with Crippen molar-refractivity contribution in [1.82, 2.24) is 5.32 Å². The topological polar surface area (TPSA) is 30.5 Å².